The molecule has 0 aromatic heterocycles. The average Bonchev–Trinajstić information content (AvgIpc) is 3.09. The van der Waals surface area contributed by atoms with Crippen molar-refractivity contribution in [1.82, 2.24) is 10.2 Å². The molecular weight excluding hydrogens is 256 g/mol. The van der Waals surface area contributed by atoms with Gasteiger partial charge in [0.15, 0.2) is 0 Å². The molecule has 2 N–H and O–H groups in total. The van der Waals surface area contributed by atoms with E-state index in [1.165, 1.54) is 51.6 Å². The zero-order chi connectivity index (χ0) is 13.1. The first-order chi connectivity index (χ1) is 9.25. The van der Waals surface area contributed by atoms with Crippen LogP contribution in [0.15, 0.2) is 0 Å². The van der Waals surface area contributed by atoms with Gasteiger partial charge >= 0.3 is 0 Å². The highest BCUT2D eigenvalue weighted by molar-refractivity contribution is 7.99. The molecule has 2 heterocycles. The second-order valence-electron chi connectivity index (χ2n) is 6.66. The Morgan fingerprint density at radius 1 is 1.16 bits per heavy atom. The highest BCUT2D eigenvalue weighted by Gasteiger charge is 2.33. The van der Waals surface area contributed by atoms with Crippen molar-refractivity contribution in [3.8, 4) is 0 Å². The molecule has 1 saturated carbocycles. The Balaban J connectivity index is 1.38. The molecule has 4 heteroatoms. The summed E-state index contributed by atoms with van der Waals surface area (Å²) in [6, 6.07) is 1.52. The molecule has 110 valence electrons. The van der Waals surface area contributed by atoms with Crippen LogP contribution in [0.2, 0.25) is 0 Å². The summed E-state index contributed by atoms with van der Waals surface area (Å²) in [5.74, 6) is 2.04. The lowest BCUT2D eigenvalue weighted by Crippen LogP contribution is -2.50. The highest BCUT2D eigenvalue weighted by Crippen LogP contribution is 2.28. The van der Waals surface area contributed by atoms with E-state index < -0.39 is 5.60 Å². The summed E-state index contributed by atoms with van der Waals surface area (Å²) in [5.41, 5.74) is -0.423. The maximum atomic E-state index is 10.4. The number of rotatable bonds is 4. The van der Waals surface area contributed by atoms with Crippen molar-refractivity contribution >= 4 is 11.8 Å². The van der Waals surface area contributed by atoms with Crippen LogP contribution in [-0.4, -0.2) is 58.8 Å². The normalized spacial score (nSPS) is 35.2. The molecule has 0 radical (unpaired) electrons. The Morgan fingerprint density at radius 3 is 2.53 bits per heavy atom. The van der Waals surface area contributed by atoms with Crippen LogP contribution in [0.3, 0.4) is 0 Å². The van der Waals surface area contributed by atoms with E-state index >= 15 is 0 Å². The number of nitrogens with one attached hydrogen (secondary N) is 1. The Labute approximate surface area is 121 Å². The van der Waals surface area contributed by atoms with Crippen LogP contribution in [0.4, 0.5) is 0 Å². The van der Waals surface area contributed by atoms with E-state index in [1.807, 2.05) is 11.8 Å². The number of thioether (sulfide) groups is 1. The highest BCUT2D eigenvalue weighted by atomic mass is 32.2. The zero-order valence-electron chi connectivity index (χ0n) is 11.9. The molecule has 19 heavy (non-hydrogen) atoms. The van der Waals surface area contributed by atoms with Gasteiger partial charge in [-0.15, -0.1) is 0 Å². The molecule has 0 amide bonds. The third kappa shape index (κ3) is 3.66. The van der Waals surface area contributed by atoms with Gasteiger partial charge in [-0.05, 0) is 50.9 Å². The van der Waals surface area contributed by atoms with Crippen LogP contribution in [0.25, 0.3) is 0 Å². The predicted octanol–water partition coefficient (Wildman–Crippen LogP) is 1.85. The first-order valence-corrected chi connectivity index (χ1v) is 9.18. The molecule has 2 aliphatic heterocycles. The minimum absolute atomic E-state index is 0.423. The van der Waals surface area contributed by atoms with E-state index in [1.54, 1.807) is 0 Å². The number of hydrogen-bond donors (Lipinski definition) is 2. The van der Waals surface area contributed by atoms with Gasteiger partial charge in [-0.1, -0.05) is 12.8 Å². The van der Waals surface area contributed by atoms with Gasteiger partial charge in [-0.3, -0.25) is 0 Å². The van der Waals surface area contributed by atoms with Crippen molar-refractivity contribution in [2.75, 3.05) is 31.1 Å². The van der Waals surface area contributed by atoms with Crippen molar-refractivity contribution in [3.05, 3.63) is 0 Å². The summed E-state index contributed by atoms with van der Waals surface area (Å²) in [6.07, 6.45) is 9.22. The lowest BCUT2D eigenvalue weighted by molar-refractivity contribution is 0.0586. The molecule has 0 aromatic rings. The van der Waals surface area contributed by atoms with Crippen LogP contribution >= 0.6 is 11.8 Å². The molecule has 2 saturated heterocycles. The van der Waals surface area contributed by atoms with Crippen molar-refractivity contribution in [2.24, 2.45) is 0 Å². The second kappa shape index (κ2) is 6.33. The Hall–Kier alpha value is 0.230. The molecule has 0 aromatic carbocycles. The molecule has 3 fully saturated rings. The van der Waals surface area contributed by atoms with Crippen molar-refractivity contribution in [1.29, 1.82) is 0 Å². The lowest BCUT2D eigenvalue weighted by Gasteiger charge is -2.37. The van der Waals surface area contributed by atoms with Gasteiger partial charge in [0.05, 0.1) is 5.60 Å². The van der Waals surface area contributed by atoms with Gasteiger partial charge in [0.25, 0.3) is 0 Å². The topological polar surface area (TPSA) is 35.5 Å². The molecule has 1 atom stereocenters. The van der Waals surface area contributed by atoms with Crippen molar-refractivity contribution < 1.29 is 5.11 Å². The Kier molecular flexibility index (Phi) is 4.73. The predicted molar refractivity (Wildman–Crippen MR) is 81.7 cm³/mol. The van der Waals surface area contributed by atoms with Crippen LogP contribution in [0, 0.1) is 0 Å². The van der Waals surface area contributed by atoms with Crippen LogP contribution < -0.4 is 5.32 Å². The van der Waals surface area contributed by atoms with E-state index in [0.717, 1.165) is 30.5 Å². The van der Waals surface area contributed by atoms with Gasteiger partial charge in [0.1, 0.15) is 0 Å². The number of piperidine rings is 1. The third-order valence-electron chi connectivity index (χ3n) is 5.17. The van der Waals surface area contributed by atoms with Gasteiger partial charge in [0.2, 0.25) is 0 Å². The summed E-state index contributed by atoms with van der Waals surface area (Å²) in [7, 11) is 0. The van der Waals surface area contributed by atoms with E-state index in [9.17, 15) is 5.11 Å². The van der Waals surface area contributed by atoms with E-state index in [0.29, 0.717) is 6.04 Å². The quantitative estimate of drug-likeness (QED) is 0.826. The molecule has 3 nitrogen and oxygen atoms in total. The van der Waals surface area contributed by atoms with E-state index in [-0.39, 0.29) is 0 Å². The summed E-state index contributed by atoms with van der Waals surface area (Å²) in [5, 5.41) is 14.0. The van der Waals surface area contributed by atoms with Gasteiger partial charge < -0.3 is 15.3 Å². The average molecular weight is 284 g/mol. The monoisotopic (exact) mass is 284 g/mol. The summed E-state index contributed by atoms with van der Waals surface area (Å²) >= 11 is 1.89. The number of nitrogens with zero attached hydrogens (tertiary/aromatic N) is 1. The fraction of sp³-hybridized carbons (Fsp3) is 1.00. The third-order valence-corrected chi connectivity index (χ3v) is 6.41. The smallest absolute Gasteiger partial charge is 0.0869 e. The maximum absolute atomic E-state index is 10.4. The fourth-order valence-electron chi connectivity index (χ4n) is 3.81. The summed E-state index contributed by atoms with van der Waals surface area (Å²) in [4.78, 5) is 2.71. The first kappa shape index (κ1) is 14.2. The van der Waals surface area contributed by atoms with Crippen LogP contribution in [0.1, 0.15) is 44.9 Å². The Bertz CT molecular complexity index is 280. The number of likely N-dealkylation sites (tertiary alicyclic amines) is 1. The van der Waals surface area contributed by atoms with Gasteiger partial charge in [-0.25, -0.2) is 0 Å². The molecule has 1 aliphatic carbocycles. The van der Waals surface area contributed by atoms with Gasteiger partial charge in [-0.2, -0.15) is 11.8 Å². The maximum Gasteiger partial charge on any atom is 0.0869 e. The fourth-order valence-corrected chi connectivity index (χ4v) is 5.10. The summed E-state index contributed by atoms with van der Waals surface area (Å²) < 4.78 is 0. The standard InChI is InChI=1S/C15H28N2OS/c18-15(7-10-19-12-15)11-16-13-5-8-17(9-6-13)14-3-1-2-4-14/h13-14,16,18H,1-12H2. The minimum atomic E-state index is -0.423. The van der Waals surface area contributed by atoms with Gasteiger partial charge in [0, 0.05) is 24.4 Å². The minimum Gasteiger partial charge on any atom is -0.388 e. The zero-order valence-corrected chi connectivity index (χ0v) is 12.8. The molecule has 3 rings (SSSR count). The molecular formula is C15H28N2OS. The molecule has 3 aliphatic rings. The number of hydrogen-bond acceptors (Lipinski definition) is 4. The molecule has 0 bridgehead atoms. The lowest BCUT2D eigenvalue weighted by atomic mass is 9.99. The van der Waals surface area contributed by atoms with Crippen molar-refractivity contribution in [3.63, 3.8) is 0 Å². The summed E-state index contributed by atoms with van der Waals surface area (Å²) in [6.45, 7) is 3.32. The van der Waals surface area contributed by atoms with E-state index in [2.05, 4.69) is 10.2 Å². The largest absolute Gasteiger partial charge is 0.388 e. The molecule has 1 unspecified atom stereocenters. The van der Waals surface area contributed by atoms with E-state index in [4.69, 9.17) is 0 Å². The Morgan fingerprint density at radius 2 is 1.89 bits per heavy atom. The SMILES string of the molecule is OC1(CNC2CCN(C3CCCC3)CC2)CCSC1. The van der Waals surface area contributed by atoms with Crippen LogP contribution in [0.5, 0.6) is 0 Å². The van der Waals surface area contributed by atoms with Crippen LogP contribution in [-0.2, 0) is 0 Å². The second-order valence-corrected chi connectivity index (χ2v) is 7.76. The van der Waals surface area contributed by atoms with Crippen molar-refractivity contribution in [2.45, 2.75) is 62.6 Å². The number of aliphatic hydroxyl groups is 1. The molecule has 0 spiro atoms. The first-order valence-electron chi connectivity index (χ1n) is 8.03.